The molecule has 1 saturated heterocycles. The van der Waals surface area contributed by atoms with Crippen LogP contribution in [0.3, 0.4) is 0 Å². The Morgan fingerprint density at radius 2 is 2.00 bits per heavy atom. The van der Waals surface area contributed by atoms with E-state index in [0.717, 1.165) is 45.4 Å². The van der Waals surface area contributed by atoms with E-state index < -0.39 is 10.0 Å². The van der Waals surface area contributed by atoms with Crippen LogP contribution in [0.2, 0.25) is 0 Å². The van der Waals surface area contributed by atoms with Crippen molar-refractivity contribution in [2.24, 2.45) is 0 Å². The first-order chi connectivity index (χ1) is 20.2. The predicted octanol–water partition coefficient (Wildman–Crippen LogP) is 3.98. The van der Waals surface area contributed by atoms with E-state index in [4.69, 9.17) is 4.74 Å². The van der Waals surface area contributed by atoms with Crippen molar-refractivity contribution >= 4 is 32.7 Å². The highest BCUT2D eigenvalue weighted by Crippen LogP contribution is 2.36. The van der Waals surface area contributed by atoms with Gasteiger partial charge in [0.15, 0.2) is 0 Å². The lowest BCUT2D eigenvalue weighted by Crippen LogP contribution is -2.50. The highest BCUT2D eigenvalue weighted by atomic mass is 32.2. The Balaban J connectivity index is 1.40. The third-order valence-electron chi connectivity index (χ3n) is 8.55. The van der Waals surface area contributed by atoms with E-state index in [1.54, 1.807) is 29.6 Å². The van der Waals surface area contributed by atoms with Crippen LogP contribution in [0.15, 0.2) is 53.6 Å². The number of fused-ring (bicyclic) bond motifs is 4. The zero-order valence-corrected chi connectivity index (χ0v) is 25.3. The van der Waals surface area contributed by atoms with Gasteiger partial charge in [-0.1, -0.05) is 29.5 Å². The third kappa shape index (κ3) is 4.99. The van der Waals surface area contributed by atoms with E-state index in [9.17, 15) is 13.2 Å². The van der Waals surface area contributed by atoms with Crippen molar-refractivity contribution in [1.82, 2.24) is 24.3 Å². The highest BCUT2D eigenvalue weighted by Gasteiger charge is 2.39. The van der Waals surface area contributed by atoms with Crippen molar-refractivity contribution in [1.29, 1.82) is 0 Å². The van der Waals surface area contributed by atoms with Gasteiger partial charge in [0.1, 0.15) is 22.0 Å². The van der Waals surface area contributed by atoms with Crippen molar-refractivity contribution in [3.05, 3.63) is 76.5 Å². The maximum absolute atomic E-state index is 14.0. The van der Waals surface area contributed by atoms with E-state index in [2.05, 4.69) is 32.3 Å². The molecular weight excluding hydrogens is 552 g/mol. The lowest BCUT2D eigenvalue weighted by atomic mass is 9.83. The second-order valence-electron chi connectivity index (χ2n) is 11.2. The number of Topliss-reactive ketones (excluding diaryl/α,β-unsaturated/α-hetero) is 1. The number of aryl methyl sites for hydroxylation is 3. The number of hydrogen-bond acceptors (Lipinski definition) is 8. The summed E-state index contributed by atoms with van der Waals surface area (Å²) in [6.45, 7) is 10.4. The number of sulfonamides is 1. The molecule has 11 heteroatoms. The summed E-state index contributed by atoms with van der Waals surface area (Å²) in [5.74, 6) is 0.368. The van der Waals surface area contributed by atoms with Gasteiger partial charge >= 0.3 is 0 Å². The third-order valence-corrected chi connectivity index (χ3v) is 10.4. The minimum absolute atomic E-state index is 0.0791. The fraction of sp³-hybridized carbons (Fsp3) is 0.419. The van der Waals surface area contributed by atoms with E-state index in [1.165, 1.54) is 0 Å². The van der Waals surface area contributed by atoms with Crippen LogP contribution in [0.1, 0.15) is 54.0 Å². The standard InChI is InChI=1S/C31H36N6O4S/c1-5-37-28-11-10-26(22(4)30(28)33-34-37)27(15-21(3)38)23-9-8-20(2)24(16-23)17-35-18-25-19-41-14-13-36(25)31-29(42(35,39)40)7-6-12-32-31/h6-12,16,25,27H,5,13-15,17-19H2,1-4H3/t25-,27+/m0/s1. The Hall–Kier alpha value is -3.67. The van der Waals surface area contributed by atoms with Crippen LogP contribution in [0.25, 0.3) is 11.0 Å². The smallest absolute Gasteiger partial charge is 0.247 e. The fourth-order valence-corrected chi connectivity index (χ4v) is 7.87. The minimum atomic E-state index is -3.83. The topological polar surface area (TPSA) is 111 Å². The van der Waals surface area contributed by atoms with Gasteiger partial charge in [-0.2, -0.15) is 4.31 Å². The lowest BCUT2D eigenvalue weighted by Gasteiger charge is -2.36. The molecule has 0 spiro atoms. The maximum atomic E-state index is 14.0. The first-order valence-corrected chi connectivity index (χ1v) is 15.8. The summed E-state index contributed by atoms with van der Waals surface area (Å²) < 4.78 is 37.2. The van der Waals surface area contributed by atoms with Crippen LogP contribution in [-0.4, -0.2) is 70.8 Å². The molecule has 0 aliphatic carbocycles. The number of ketones is 1. The first kappa shape index (κ1) is 28.4. The van der Waals surface area contributed by atoms with Gasteiger partial charge in [0.05, 0.1) is 24.8 Å². The summed E-state index contributed by atoms with van der Waals surface area (Å²) in [6.07, 6.45) is 1.97. The maximum Gasteiger partial charge on any atom is 0.247 e. The van der Waals surface area contributed by atoms with Crippen molar-refractivity contribution in [2.45, 2.75) is 64.1 Å². The number of aromatic nitrogens is 4. The highest BCUT2D eigenvalue weighted by molar-refractivity contribution is 7.89. The van der Waals surface area contributed by atoms with Crippen LogP contribution in [0.5, 0.6) is 0 Å². The van der Waals surface area contributed by atoms with Gasteiger partial charge in [0.2, 0.25) is 10.0 Å². The monoisotopic (exact) mass is 588 g/mol. The van der Waals surface area contributed by atoms with Gasteiger partial charge in [0, 0.05) is 44.7 Å². The molecule has 2 aromatic carbocycles. The molecule has 0 N–H and O–H groups in total. The Morgan fingerprint density at radius 3 is 2.79 bits per heavy atom. The molecule has 2 aromatic heterocycles. The summed E-state index contributed by atoms with van der Waals surface area (Å²) in [5, 5.41) is 8.71. The number of pyridine rings is 1. The molecule has 1 fully saturated rings. The summed E-state index contributed by atoms with van der Waals surface area (Å²) in [5.41, 5.74) is 6.67. The predicted molar refractivity (Wildman–Crippen MR) is 160 cm³/mol. The van der Waals surface area contributed by atoms with Crippen LogP contribution in [0.4, 0.5) is 5.82 Å². The molecule has 2 aliphatic heterocycles. The molecular formula is C31H36N6O4S. The largest absolute Gasteiger partial charge is 0.377 e. The molecule has 220 valence electrons. The summed E-state index contributed by atoms with van der Waals surface area (Å²) in [7, 11) is -3.83. The summed E-state index contributed by atoms with van der Waals surface area (Å²) >= 11 is 0. The second-order valence-corrected chi connectivity index (χ2v) is 13.1. The van der Waals surface area contributed by atoms with Gasteiger partial charge in [0.25, 0.3) is 0 Å². The molecule has 2 atom stereocenters. The van der Waals surface area contributed by atoms with E-state index >= 15 is 0 Å². The number of benzene rings is 2. The molecule has 42 heavy (non-hydrogen) atoms. The average molecular weight is 589 g/mol. The fourth-order valence-electron chi connectivity index (χ4n) is 6.26. The number of nitrogens with zero attached hydrogens (tertiary/aromatic N) is 6. The Kier molecular flexibility index (Phi) is 7.59. The number of anilines is 1. The molecule has 0 unspecified atom stereocenters. The van der Waals surface area contributed by atoms with Gasteiger partial charge in [-0.05, 0) is 73.7 Å². The van der Waals surface area contributed by atoms with Gasteiger partial charge < -0.3 is 9.64 Å². The number of carbonyl (C=O) groups is 1. The zero-order chi connectivity index (χ0) is 29.6. The van der Waals surface area contributed by atoms with Crippen molar-refractivity contribution < 1.29 is 17.9 Å². The molecule has 4 aromatic rings. The molecule has 4 heterocycles. The number of carbonyl (C=O) groups excluding carboxylic acids is 1. The molecule has 0 saturated carbocycles. The number of hydrogen-bond donors (Lipinski definition) is 0. The SMILES string of the molecule is CCn1nnc2c(C)c([C@H](CC(C)=O)c3ccc(C)c(CN4C[C@H]5COCCN5c5ncccc5S4(=O)=O)c3)ccc21. The van der Waals surface area contributed by atoms with Crippen molar-refractivity contribution in [3.8, 4) is 0 Å². The Morgan fingerprint density at radius 1 is 1.17 bits per heavy atom. The Bertz CT molecular complexity index is 1770. The Labute approximate surface area is 246 Å². The minimum Gasteiger partial charge on any atom is -0.377 e. The number of rotatable bonds is 7. The van der Waals surface area contributed by atoms with Gasteiger partial charge in [-0.3, -0.25) is 4.79 Å². The van der Waals surface area contributed by atoms with Crippen LogP contribution >= 0.6 is 0 Å². The molecule has 0 amide bonds. The van der Waals surface area contributed by atoms with E-state index in [0.29, 0.717) is 38.5 Å². The average Bonchev–Trinajstić information content (AvgIpc) is 3.38. The van der Waals surface area contributed by atoms with E-state index in [1.807, 2.05) is 43.7 Å². The van der Waals surface area contributed by atoms with Crippen LogP contribution in [-0.2, 0) is 32.6 Å². The molecule has 0 radical (unpaired) electrons. The number of ether oxygens (including phenoxy) is 1. The van der Waals surface area contributed by atoms with Gasteiger partial charge in [-0.15, -0.1) is 5.10 Å². The van der Waals surface area contributed by atoms with Crippen molar-refractivity contribution in [2.75, 3.05) is 31.2 Å². The van der Waals surface area contributed by atoms with Crippen LogP contribution in [0, 0.1) is 13.8 Å². The zero-order valence-electron chi connectivity index (χ0n) is 24.4. The summed E-state index contributed by atoms with van der Waals surface area (Å²) in [4.78, 5) is 19.3. The van der Waals surface area contributed by atoms with Crippen molar-refractivity contribution in [3.63, 3.8) is 0 Å². The summed E-state index contributed by atoms with van der Waals surface area (Å²) in [6, 6.07) is 13.4. The molecule has 10 nitrogen and oxygen atoms in total. The van der Waals surface area contributed by atoms with E-state index in [-0.39, 0.29) is 29.2 Å². The number of morpholine rings is 1. The lowest BCUT2D eigenvalue weighted by molar-refractivity contribution is -0.117. The first-order valence-electron chi connectivity index (χ1n) is 14.4. The molecule has 6 rings (SSSR count). The molecule has 2 aliphatic rings. The quantitative estimate of drug-likeness (QED) is 0.319. The normalized spacial score (nSPS) is 19.2. The molecule has 0 bridgehead atoms. The van der Waals surface area contributed by atoms with Gasteiger partial charge in [-0.25, -0.2) is 18.1 Å². The second kappa shape index (κ2) is 11.2. The van der Waals surface area contributed by atoms with Crippen LogP contribution < -0.4 is 4.90 Å².